The molecule has 2 rings (SSSR count). The van der Waals surface area contributed by atoms with Crippen molar-refractivity contribution >= 4 is 17.8 Å². The van der Waals surface area contributed by atoms with E-state index in [2.05, 4.69) is 20.5 Å². The van der Waals surface area contributed by atoms with E-state index in [1.54, 1.807) is 24.1 Å². The van der Waals surface area contributed by atoms with Gasteiger partial charge in [0.1, 0.15) is 0 Å². The maximum absolute atomic E-state index is 12.3. The first-order chi connectivity index (χ1) is 12.4. The van der Waals surface area contributed by atoms with E-state index in [0.29, 0.717) is 45.0 Å². The van der Waals surface area contributed by atoms with Gasteiger partial charge in [-0.05, 0) is 32.9 Å². The standard InChI is InChI=1S/C18H29N5O3/c1-5-20-16(25)18(2,3)13-21-17(19-4)23-10-8-22(9-11-23)15(24)14-7-6-12-26-14/h6-7,12H,5,8-11,13H2,1-4H3,(H,19,21)(H,20,25). The fourth-order valence-corrected chi connectivity index (χ4v) is 2.79. The largest absolute Gasteiger partial charge is 0.459 e. The fraction of sp³-hybridized carbons (Fsp3) is 0.611. The smallest absolute Gasteiger partial charge is 0.289 e. The van der Waals surface area contributed by atoms with Gasteiger partial charge < -0.3 is 24.9 Å². The lowest BCUT2D eigenvalue weighted by Gasteiger charge is -2.37. The number of rotatable bonds is 5. The van der Waals surface area contributed by atoms with Crippen molar-refractivity contribution in [1.82, 2.24) is 20.4 Å². The molecule has 1 aromatic rings. The third kappa shape index (κ3) is 4.77. The molecule has 26 heavy (non-hydrogen) atoms. The summed E-state index contributed by atoms with van der Waals surface area (Å²) in [5.74, 6) is 1.03. The number of guanidine groups is 1. The Hall–Kier alpha value is -2.51. The highest BCUT2D eigenvalue weighted by atomic mass is 16.3. The Morgan fingerprint density at radius 3 is 2.38 bits per heavy atom. The van der Waals surface area contributed by atoms with Gasteiger partial charge >= 0.3 is 0 Å². The van der Waals surface area contributed by atoms with E-state index in [1.165, 1.54) is 6.26 Å². The zero-order chi connectivity index (χ0) is 19.2. The molecule has 0 aliphatic carbocycles. The van der Waals surface area contributed by atoms with Crippen molar-refractivity contribution in [2.45, 2.75) is 20.8 Å². The lowest BCUT2D eigenvalue weighted by Crippen LogP contribution is -2.55. The summed E-state index contributed by atoms with van der Waals surface area (Å²) in [4.78, 5) is 32.6. The van der Waals surface area contributed by atoms with Crippen LogP contribution in [0.5, 0.6) is 0 Å². The van der Waals surface area contributed by atoms with E-state index >= 15 is 0 Å². The lowest BCUT2D eigenvalue weighted by atomic mass is 9.92. The van der Waals surface area contributed by atoms with E-state index in [4.69, 9.17) is 4.42 Å². The molecule has 1 aliphatic heterocycles. The summed E-state index contributed by atoms with van der Waals surface area (Å²) in [6.07, 6.45) is 1.51. The monoisotopic (exact) mass is 363 g/mol. The van der Waals surface area contributed by atoms with Crippen LogP contribution >= 0.6 is 0 Å². The Balaban J connectivity index is 1.86. The van der Waals surface area contributed by atoms with Crippen LogP contribution < -0.4 is 10.6 Å². The summed E-state index contributed by atoms with van der Waals surface area (Å²) in [6, 6.07) is 3.39. The minimum Gasteiger partial charge on any atom is -0.459 e. The Bertz CT molecular complexity index is 631. The summed E-state index contributed by atoms with van der Waals surface area (Å²) in [6.45, 7) is 9.35. The van der Waals surface area contributed by atoms with Crippen LogP contribution in [0.15, 0.2) is 27.8 Å². The van der Waals surface area contributed by atoms with Crippen molar-refractivity contribution in [3.63, 3.8) is 0 Å². The first kappa shape index (κ1) is 19.8. The van der Waals surface area contributed by atoms with Gasteiger partial charge in [0, 0.05) is 46.3 Å². The molecule has 0 aromatic carbocycles. The third-order valence-corrected chi connectivity index (χ3v) is 4.45. The van der Waals surface area contributed by atoms with Crippen LogP contribution in [0.1, 0.15) is 31.3 Å². The minimum absolute atomic E-state index is 0.0109. The highest BCUT2D eigenvalue weighted by Gasteiger charge is 2.29. The van der Waals surface area contributed by atoms with Crippen molar-refractivity contribution in [3.8, 4) is 0 Å². The van der Waals surface area contributed by atoms with Gasteiger partial charge in [0.2, 0.25) is 5.91 Å². The number of nitrogens with one attached hydrogen (secondary N) is 2. The van der Waals surface area contributed by atoms with Crippen molar-refractivity contribution in [2.24, 2.45) is 10.4 Å². The number of aliphatic imine (C=N–C) groups is 1. The predicted octanol–water partition coefficient (Wildman–Crippen LogP) is 0.775. The average molecular weight is 363 g/mol. The van der Waals surface area contributed by atoms with Crippen molar-refractivity contribution in [3.05, 3.63) is 24.2 Å². The molecule has 0 spiro atoms. The molecule has 0 saturated carbocycles. The van der Waals surface area contributed by atoms with Crippen LogP contribution in [0.25, 0.3) is 0 Å². The molecule has 1 fully saturated rings. The van der Waals surface area contributed by atoms with Crippen molar-refractivity contribution in [1.29, 1.82) is 0 Å². The van der Waals surface area contributed by atoms with Gasteiger partial charge in [-0.15, -0.1) is 0 Å². The van der Waals surface area contributed by atoms with Crippen LogP contribution in [0.3, 0.4) is 0 Å². The third-order valence-electron chi connectivity index (χ3n) is 4.45. The summed E-state index contributed by atoms with van der Waals surface area (Å²) in [7, 11) is 1.72. The predicted molar refractivity (Wildman–Crippen MR) is 100 cm³/mol. The number of hydrogen-bond donors (Lipinski definition) is 2. The molecule has 0 radical (unpaired) electrons. The molecule has 2 N–H and O–H groups in total. The van der Waals surface area contributed by atoms with Crippen LogP contribution in [0.4, 0.5) is 0 Å². The van der Waals surface area contributed by atoms with Crippen LogP contribution in [-0.2, 0) is 4.79 Å². The second-order valence-electron chi connectivity index (χ2n) is 6.90. The van der Waals surface area contributed by atoms with Crippen LogP contribution in [-0.4, -0.2) is 73.9 Å². The Morgan fingerprint density at radius 1 is 1.19 bits per heavy atom. The molecule has 144 valence electrons. The maximum atomic E-state index is 12.3. The summed E-state index contributed by atoms with van der Waals surface area (Å²) in [5, 5.41) is 6.14. The summed E-state index contributed by atoms with van der Waals surface area (Å²) >= 11 is 0. The van der Waals surface area contributed by atoms with E-state index in [1.807, 2.05) is 20.8 Å². The van der Waals surface area contributed by atoms with Crippen LogP contribution in [0, 0.1) is 5.41 Å². The number of furan rings is 1. The molecule has 8 nitrogen and oxygen atoms in total. The highest BCUT2D eigenvalue weighted by molar-refractivity contribution is 5.91. The number of piperazine rings is 1. The van der Waals surface area contributed by atoms with E-state index in [9.17, 15) is 9.59 Å². The minimum atomic E-state index is -0.539. The van der Waals surface area contributed by atoms with Gasteiger partial charge in [-0.2, -0.15) is 0 Å². The Kier molecular flexibility index (Phi) is 6.65. The van der Waals surface area contributed by atoms with Crippen LogP contribution in [0.2, 0.25) is 0 Å². The number of nitrogens with zero attached hydrogens (tertiary/aromatic N) is 3. The summed E-state index contributed by atoms with van der Waals surface area (Å²) in [5.41, 5.74) is -0.539. The zero-order valence-corrected chi connectivity index (χ0v) is 16.0. The number of carbonyl (C=O) groups is 2. The van der Waals surface area contributed by atoms with Gasteiger partial charge in [0.15, 0.2) is 11.7 Å². The quantitative estimate of drug-likeness (QED) is 0.596. The lowest BCUT2D eigenvalue weighted by molar-refractivity contribution is -0.128. The zero-order valence-electron chi connectivity index (χ0n) is 16.0. The molecule has 0 unspecified atom stereocenters. The van der Waals surface area contributed by atoms with E-state index in [0.717, 1.165) is 5.96 Å². The molecular weight excluding hydrogens is 334 g/mol. The Labute approximate surface area is 154 Å². The molecular formula is C18H29N5O3. The Morgan fingerprint density at radius 2 is 1.85 bits per heavy atom. The number of hydrogen-bond acceptors (Lipinski definition) is 4. The molecule has 2 heterocycles. The fourth-order valence-electron chi connectivity index (χ4n) is 2.79. The molecule has 8 heteroatoms. The van der Waals surface area contributed by atoms with Gasteiger partial charge in [-0.1, -0.05) is 0 Å². The summed E-state index contributed by atoms with van der Waals surface area (Å²) < 4.78 is 5.18. The SMILES string of the molecule is CCNC(=O)C(C)(C)CNC(=NC)N1CCN(C(=O)c2ccco2)CC1. The molecule has 0 atom stereocenters. The maximum Gasteiger partial charge on any atom is 0.289 e. The number of carbonyl (C=O) groups excluding carboxylic acids is 2. The number of amides is 2. The van der Waals surface area contributed by atoms with Crippen molar-refractivity contribution < 1.29 is 14.0 Å². The highest BCUT2D eigenvalue weighted by Crippen LogP contribution is 2.14. The van der Waals surface area contributed by atoms with Gasteiger partial charge in [0.05, 0.1) is 11.7 Å². The molecule has 1 saturated heterocycles. The van der Waals surface area contributed by atoms with Gasteiger partial charge in [0.25, 0.3) is 5.91 Å². The van der Waals surface area contributed by atoms with E-state index in [-0.39, 0.29) is 11.8 Å². The normalized spacial score (nSPS) is 15.8. The second-order valence-corrected chi connectivity index (χ2v) is 6.90. The first-order valence-electron chi connectivity index (χ1n) is 8.95. The molecule has 0 bridgehead atoms. The molecule has 1 aliphatic rings. The van der Waals surface area contributed by atoms with Gasteiger partial charge in [-0.3, -0.25) is 14.6 Å². The first-order valence-corrected chi connectivity index (χ1v) is 8.95. The van der Waals surface area contributed by atoms with E-state index < -0.39 is 5.41 Å². The molecule has 2 amide bonds. The average Bonchev–Trinajstić information content (AvgIpc) is 3.17. The van der Waals surface area contributed by atoms with Gasteiger partial charge in [-0.25, -0.2) is 0 Å². The molecule has 1 aromatic heterocycles. The topological polar surface area (TPSA) is 90.2 Å². The van der Waals surface area contributed by atoms with Crippen molar-refractivity contribution in [2.75, 3.05) is 46.3 Å². The second kappa shape index (κ2) is 8.73.